The Hall–Kier alpha value is -2.78. The molecule has 0 bridgehead atoms. The van der Waals surface area contributed by atoms with Crippen molar-refractivity contribution in [2.45, 2.75) is 32.2 Å². The summed E-state index contributed by atoms with van der Waals surface area (Å²) in [7, 11) is 0. The Balaban J connectivity index is 1.35. The van der Waals surface area contributed by atoms with Crippen LogP contribution < -0.4 is 5.32 Å². The number of fused-ring (bicyclic) bond motifs is 1. The van der Waals surface area contributed by atoms with E-state index in [1.807, 2.05) is 23.0 Å². The van der Waals surface area contributed by atoms with Gasteiger partial charge in [0, 0.05) is 30.7 Å². The van der Waals surface area contributed by atoms with E-state index in [1.165, 1.54) is 50.3 Å². The van der Waals surface area contributed by atoms with Gasteiger partial charge in [-0.05, 0) is 43.5 Å². The molecule has 0 aromatic carbocycles. The molecule has 2 N–H and O–H groups in total. The highest BCUT2D eigenvalue weighted by atomic mass is 32.1. The van der Waals surface area contributed by atoms with Crippen LogP contribution in [-0.2, 0) is 6.54 Å². The summed E-state index contributed by atoms with van der Waals surface area (Å²) in [5, 5.41) is 11.2. The van der Waals surface area contributed by atoms with Crippen LogP contribution in [-0.4, -0.2) is 46.9 Å². The number of aromatic nitrogens is 6. The molecule has 1 aliphatic rings. The molecule has 4 aromatic rings. The largest absolute Gasteiger partial charge is 0.328 e. The number of likely N-dealkylation sites (tertiary alicyclic amines) is 1. The van der Waals surface area contributed by atoms with E-state index in [0.717, 1.165) is 40.0 Å². The number of anilines is 2. The molecule has 0 aliphatic carbocycles. The zero-order valence-electron chi connectivity index (χ0n) is 15.5. The fraction of sp³-hybridized carbons (Fsp3) is 0.368. The van der Waals surface area contributed by atoms with Crippen LogP contribution in [0.1, 0.15) is 31.4 Å². The second-order valence-corrected chi connectivity index (χ2v) is 7.90. The van der Waals surface area contributed by atoms with E-state index < -0.39 is 0 Å². The van der Waals surface area contributed by atoms with Crippen LogP contribution >= 0.6 is 11.5 Å². The van der Waals surface area contributed by atoms with Crippen molar-refractivity contribution in [2.24, 2.45) is 0 Å². The maximum absolute atomic E-state index is 4.63. The molecule has 4 aromatic heterocycles. The van der Waals surface area contributed by atoms with Crippen molar-refractivity contribution >= 4 is 28.0 Å². The first-order valence-corrected chi connectivity index (χ1v) is 10.4. The summed E-state index contributed by atoms with van der Waals surface area (Å²) in [5.74, 6) is 0.724. The Morgan fingerprint density at radius 2 is 2.00 bits per heavy atom. The molecule has 1 aliphatic heterocycles. The lowest BCUT2D eigenvalue weighted by Crippen LogP contribution is -2.24. The molecule has 9 heteroatoms. The number of rotatable bonds is 5. The van der Waals surface area contributed by atoms with Crippen molar-refractivity contribution in [3.05, 3.63) is 42.7 Å². The van der Waals surface area contributed by atoms with E-state index in [-0.39, 0.29) is 0 Å². The summed E-state index contributed by atoms with van der Waals surface area (Å²) in [5.41, 5.74) is 3.85. The summed E-state index contributed by atoms with van der Waals surface area (Å²) < 4.78 is 6.65. The summed E-state index contributed by atoms with van der Waals surface area (Å²) in [6.45, 7) is 3.27. The number of H-pyrrole nitrogens is 1. The van der Waals surface area contributed by atoms with Gasteiger partial charge < -0.3 is 5.32 Å². The van der Waals surface area contributed by atoms with E-state index in [2.05, 4.69) is 40.8 Å². The zero-order chi connectivity index (χ0) is 18.8. The van der Waals surface area contributed by atoms with Crippen molar-refractivity contribution in [3.8, 4) is 11.3 Å². The van der Waals surface area contributed by atoms with Crippen LogP contribution in [0.15, 0.2) is 37.1 Å². The molecule has 5 heterocycles. The quantitative estimate of drug-likeness (QED) is 0.537. The van der Waals surface area contributed by atoms with Gasteiger partial charge in [-0.2, -0.15) is 9.47 Å². The fourth-order valence-electron chi connectivity index (χ4n) is 3.70. The number of imidazole rings is 1. The third-order valence-corrected chi connectivity index (χ3v) is 5.85. The molecule has 1 fully saturated rings. The van der Waals surface area contributed by atoms with Gasteiger partial charge in [0.05, 0.1) is 23.8 Å². The first-order valence-electron chi connectivity index (χ1n) is 9.63. The number of hydrogen-bond donors (Lipinski definition) is 2. The second kappa shape index (κ2) is 7.69. The topological polar surface area (TPSA) is 87.0 Å². The molecular weight excluding hydrogens is 372 g/mol. The van der Waals surface area contributed by atoms with E-state index in [0.29, 0.717) is 0 Å². The Labute approximate surface area is 166 Å². The molecule has 0 unspecified atom stereocenters. The van der Waals surface area contributed by atoms with Gasteiger partial charge in [0.2, 0.25) is 0 Å². The first-order chi connectivity index (χ1) is 13.9. The lowest BCUT2D eigenvalue weighted by atomic mass is 10.2. The lowest BCUT2D eigenvalue weighted by molar-refractivity contribution is 0.274. The Morgan fingerprint density at radius 3 is 2.82 bits per heavy atom. The van der Waals surface area contributed by atoms with Crippen molar-refractivity contribution in [1.82, 2.24) is 33.8 Å². The van der Waals surface area contributed by atoms with E-state index in [9.17, 15) is 0 Å². The van der Waals surface area contributed by atoms with Gasteiger partial charge in [0.15, 0.2) is 11.5 Å². The molecule has 8 nitrogen and oxygen atoms in total. The predicted octanol–water partition coefficient (Wildman–Crippen LogP) is 3.70. The fourth-order valence-corrected chi connectivity index (χ4v) is 4.35. The molecule has 0 saturated carbocycles. The molecule has 144 valence electrons. The van der Waals surface area contributed by atoms with Crippen LogP contribution in [0.25, 0.3) is 16.9 Å². The van der Waals surface area contributed by atoms with Crippen LogP contribution in [0.3, 0.4) is 0 Å². The molecule has 1 saturated heterocycles. The van der Waals surface area contributed by atoms with E-state index in [4.69, 9.17) is 0 Å². The Bertz CT molecular complexity index is 1040. The number of nitrogens with one attached hydrogen (secondary N) is 2. The average Bonchev–Trinajstić information content (AvgIpc) is 3.42. The molecule has 0 spiro atoms. The third-order valence-electron chi connectivity index (χ3n) is 5.11. The van der Waals surface area contributed by atoms with Crippen molar-refractivity contribution < 1.29 is 0 Å². The van der Waals surface area contributed by atoms with E-state index >= 15 is 0 Å². The SMILES string of the molecule is c1cn2c(-c3cn[nH]c3)cnc2c(Nc2cc(CN3CCCCCC3)ns2)n1. The Kier molecular flexibility index (Phi) is 4.76. The van der Waals surface area contributed by atoms with Crippen LogP contribution in [0, 0.1) is 0 Å². The minimum absolute atomic E-state index is 0.724. The van der Waals surface area contributed by atoms with E-state index in [1.54, 1.807) is 12.4 Å². The van der Waals surface area contributed by atoms with Gasteiger partial charge >= 0.3 is 0 Å². The highest BCUT2D eigenvalue weighted by Gasteiger charge is 2.14. The van der Waals surface area contributed by atoms with Crippen molar-refractivity contribution in [1.29, 1.82) is 0 Å². The highest BCUT2D eigenvalue weighted by molar-refractivity contribution is 7.10. The summed E-state index contributed by atoms with van der Waals surface area (Å²) >= 11 is 1.47. The molecule has 0 radical (unpaired) electrons. The second-order valence-electron chi connectivity index (χ2n) is 7.10. The monoisotopic (exact) mass is 394 g/mol. The molecule has 5 rings (SSSR count). The maximum atomic E-state index is 4.63. The highest BCUT2D eigenvalue weighted by Crippen LogP contribution is 2.27. The normalized spacial score (nSPS) is 15.7. The zero-order valence-corrected chi connectivity index (χ0v) is 16.3. The third kappa shape index (κ3) is 3.50. The molecule has 0 atom stereocenters. The lowest BCUT2D eigenvalue weighted by Gasteiger charge is -2.17. The Morgan fingerprint density at radius 1 is 1.11 bits per heavy atom. The first kappa shape index (κ1) is 17.3. The molecular formula is C19H22N8S. The van der Waals surface area contributed by atoms with Crippen LogP contribution in [0.2, 0.25) is 0 Å². The van der Waals surface area contributed by atoms with Gasteiger partial charge in [-0.3, -0.25) is 14.4 Å². The standard InChI is InChI=1S/C19H22N8S/c1-2-4-7-26(6-3-1)13-15-9-17(28-25-15)24-18-19-21-12-16(14-10-22-23-11-14)27(19)8-5-20-18/h5,8-12H,1-4,6-7,13H2,(H,20,24)(H,22,23). The molecule has 28 heavy (non-hydrogen) atoms. The maximum Gasteiger partial charge on any atom is 0.180 e. The number of nitrogens with zero attached hydrogens (tertiary/aromatic N) is 6. The predicted molar refractivity (Wildman–Crippen MR) is 110 cm³/mol. The van der Waals surface area contributed by atoms with Crippen LogP contribution in [0.4, 0.5) is 10.8 Å². The van der Waals surface area contributed by atoms with Crippen molar-refractivity contribution in [3.63, 3.8) is 0 Å². The summed E-state index contributed by atoms with van der Waals surface area (Å²) in [6, 6.07) is 2.13. The van der Waals surface area contributed by atoms with Gasteiger partial charge in [0.1, 0.15) is 5.00 Å². The van der Waals surface area contributed by atoms with Gasteiger partial charge in [0.25, 0.3) is 0 Å². The summed E-state index contributed by atoms with van der Waals surface area (Å²) in [4.78, 5) is 11.5. The minimum Gasteiger partial charge on any atom is -0.328 e. The molecule has 0 amide bonds. The van der Waals surface area contributed by atoms with Gasteiger partial charge in [-0.1, -0.05) is 12.8 Å². The van der Waals surface area contributed by atoms with Crippen molar-refractivity contribution in [2.75, 3.05) is 18.4 Å². The van der Waals surface area contributed by atoms with Gasteiger partial charge in [-0.15, -0.1) is 0 Å². The van der Waals surface area contributed by atoms with Crippen LogP contribution in [0.5, 0.6) is 0 Å². The average molecular weight is 395 g/mol. The number of aromatic amines is 1. The number of hydrogen-bond acceptors (Lipinski definition) is 7. The minimum atomic E-state index is 0.724. The summed E-state index contributed by atoms with van der Waals surface area (Å²) in [6.07, 6.45) is 14.4. The van der Waals surface area contributed by atoms with Gasteiger partial charge in [-0.25, -0.2) is 9.97 Å². The smallest absolute Gasteiger partial charge is 0.180 e.